The van der Waals surface area contributed by atoms with Crippen molar-refractivity contribution in [1.82, 2.24) is 9.97 Å². The minimum atomic E-state index is -4.86. The van der Waals surface area contributed by atoms with Crippen LogP contribution in [0.5, 0.6) is 11.8 Å². The van der Waals surface area contributed by atoms with Gasteiger partial charge in [0.05, 0.1) is 15.3 Å². The van der Waals surface area contributed by atoms with Crippen LogP contribution in [-0.4, -0.2) is 57.0 Å². The molecular weight excluding hydrogens is 1190 g/mol. The second-order valence-corrected chi connectivity index (χ2v) is 22.9. The molecule has 0 saturated heterocycles. The fraction of sp³-hybridized carbons (Fsp3) is 0.118. The van der Waals surface area contributed by atoms with Gasteiger partial charge in [-0.1, -0.05) is 145 Å². The molecule has 89 heavy (non-hydrogen) atoms. The van der Waals surface area contributed by atoms with E-state index in [4.69, 9.17) is 33.4 Å². The average molecular weight is 1230 g/mol. The number of nitrogens with zero attached hydrogens (tertiary/aromatic N) is 2. The third kappa shape index (κ3) is 10.2. The SMILES string of the molecule is Cc1ccc2c(c1)C(=O)C(=O)/C2=C\c1nc2c(s1)-c1cc3c(cc1C(C(=O)OCc1ccccc1)(C(=O)OCc1ccccc1)O2)-c1sc(/C=C2\C(=O)C(=O)c4cc(C(F)(F)F)ccc42)nc1OC3(C(=O)OCc1ccccc1)C(=O)OCc1ccccc1. The minimum absolute atomic E-state index is 0.0194. The van der Waals surface area contributed by atoms with E-state index in [9.17, 15) is 32.3 Å². The van der Waals surface area contributed by atoms with Gasteiger partial charge in [-0.05, 0) is 82.8 Å². The highest BCUT2D eigenvalue weighted by Crippen LogP contribution is 2.57. The lowest BCUT2D eigenvalue weighted by Gasteiger charge is -2.38. The highest BCUT2D eigenvalue weighted by Gasteiger charge is 2.63. The zero-order chi connectivity index (χ0) is 61.9. The number of carbonyl (C=O) groups is 8. The van der Waals surface area contributed by atoms with Crippen molar-refractivity contribution < 1.29 is 79.9 Å². The number of thiazole rings is 2. The predicted octanol–water partition coefficient (Wildman–Crippen LogP) is 12.0. The summed E-state index contributed by atoms with van der Waals surface area (Å²) in [7, 11) is 0. The van der Waals surface area contributed by atoms with E-state index in [1.165, 1.54) is 18.2 Å². The van der Waals surface area contributed by atoms with Gasteiger partial charge in [-0.3, -0.25) is 19.2 Å². The molecule has 0 bridgehead atoms. The van der Waals surface area contributed by atoms with Crippen molar-refractivity contribution in [3.63, 3.8) is 0 Å². The molecule has 0 radical (unpaired) electrons. The molecule has 2 aliphatic carbocycles. The Balaban J connectivity index is 1.06. The summed E-state index contributed by atoms with van der Waals surface area (Å²) in [5.74, 6) is -10.2. The summed E-state index contributed by atoms with van der Waals surface area (Å²) in [4.78, 5) is 126. The normalized spacial score (nSPS) is 15.6. The summed E-state index contributed by atoms with van der Waals surface area (Å²) >= 11 is 1.66. The second-order valence-electron chi connectivity index (χ2n) is 20.9. The molecule has 4 heterocycles. The van der Waals surface area contributed by atoms with Crippen LogP contribution in [0.2, 0.25) is 0 Å². The first-order valence-corrected chi connectivity index (χ1v) is 28.9. The topological polar surface area (TPSA) is 218 Å². The highest BCUT2D eigenvalue weighted by molar-refractivity contribution is 7.17. The molecule has 2 aliphatic heterocycles. The van der Waals surface area contributed by atoms with Crippen LogP contribution in [0, 0.1) is 6.92 Å². The Labute approximate surface area is 510 Å². The van der Waals surface area contributed by atoms with Crippen molar-refractivity contribution in [3.8, 4) is 32.6 Å². The van der Waals surface area contributed by atoms with Gasteiger partial charge < -0.3 is 28.4 Å². The Bertz CT molecular complexity index is 4450. The van der Waals surface area contributed by atoms with Crippen molar-refractivity contribution in [2.75, 3.05) is 0 Å². The number of alkyl halides is 3. The van der Waals surface area contributed by atoms with E-state index in [-0.39, 0.29) is 64.3 Å². The average Bonchev–Trinajstić information content (AvgIpc) is 1.68. The number of hydrogen-bond acceptors (Lipinski definition) is 18. The van der Waals surface area contributed by atoms with Crippen LogP contribution in [-0.2, 0) is 91.5 Å². The fourth-order valence-corrected chi connectivity index (χ4v) is 12.7. The Morgan fingerprint density at radius 1 is 0.449 bits per heavy atom. The first-order valence-electron chi connectivity index (χ1n) is 27.3. The van der Waals surface area contributed by atoms with Crippen molar-refractivity contribution in [1.29, 1.82) is 0 Å². The molecule has 2 aromatic heterocycles. The molecule has 0 saturated carbocycles. The van der Waals surface area contributed by atoms with Gasteiger partial charge in [0.2, 0.25) is 34.9 Å². The van der Waals surface area contributed by atoms with Gasteiger partial charge >= 0.3 is 41.3 Å². The van der Waals surface area contributed by atoms with Crippen molar-refractivity contribution in [2.45, 2.75) is 50.7 Å². The van der Waals surface area contributed by atoms with Crippen LogP contribution in [0.4, 0.5) is 13.2 Å². The largest absolute Gasteiger partial charge is 0.457 e. The molecule has 7 aromatic carbocycles. The van der Waals surface area contributed by atoms with E-state index in [1.807, 2.05) is 0 Å². The lowest BCUT2D eigenvalue weighted by molar-refractivity contribution is -0.185. The number of carbonyl (C=O) groups excluding carboxylic acids is 8. The van der Waals surface area contributed by atoms with Gasteiger partial charge in [-0.2, -0.15) is 13.2 Å². The zero-order valence-corrected chi connectivity index (χ0v) is 47.8. The number of Topliss-reactive ketones (excluding diaryl/α,β-unsaturated/α-hetero) is 4. The van der Waals surface area contributed by atoms with Gasteiger partial charge in [-0.15, -0.1) is 22.7 Å². The molecular formula is C68H41F3N2O14S2. The van der Waals surface area contributed by atoms with Crippen molar-refractivity contribution >= 4 is 93.0 Å². The number of aromatic nitrogens is 2. The van der Waals surface area contributed by atoms with Gasteiger partial charge in [0.15, 0.2) is 0 Å². The summed E-state index contributed by atoms with van der Waals surface area (Å²) in [6, 6.07) is 43.7. The van der Waals surface area contributed by atoms with Crippen LogP contribution >= 0.6 is 22.7 Å². The summed E-state index contributed by atoms with van der Waals surface area (Å²) < 4.78 is 79.3. The minimum Gasteiger partial charge on any atom is -0.457 e. The molecule has 0 spiro atoms. The number of ketones is 4. The third-order valence-corrected chi connectivity index (χ3v) is 17.2. The van der Waals surface area contributed by atoms with Crippen LogP contribution in [0.25, 0.3) is 44.2 Å². The second kappa shape index (κ2) is 22.5. The molecule has 16 nitrogen and oxygen atoms in total. The quantitative estimate of drug-likeness (QED) is 0.0325. The van der Waals surface area contributed by atoms with E-state index >= 15 is 19.2 Å². The van der Waals surface area contributed by atoms with Gasteiger partial charge in [0.25, 0.3) is 0 Å². The molecule has 21 heteroatoms. The maximum absolute atomic E-state index is 15.6. The van der Waals surface area contributed by atoms with Gasteiger partial charge in [0.1, 0.15) is 36.4 Å². The first-order chi connectivity index (χ1) is 42.9. The number of ether oxygens (including phenoxy) is 6. The molecule has 0 unspecified atom stereocenters. The smallest absolute Gasteiger partial charge is 0.416 e. The molecule has 0 atom stereocenters. The number of hydrogen-bond donors (Lipinski definition) is 0. The van der Waals surface area contributed by atoms with E-state index in [0.717, 1.165) is 46.4 Å². The lowest BCUT2D eigenvalue weighted by atomic mass is 9.79. The third-order valence-electron chi connectivity index (χ3n) is 15.2. The van der Waals surface area contributed by atoms with E-state index < -0.39 is 114 Å². The first kappa shape index (κ1) is 57.3. The highest BCUT2D eigenvalue weighted by atomic mass is 32.1. The molecule has 9 aromatic rings. The number of fused-ring (bicyclic) bond motifs is 8. The van der Waals surface area contributed by atoms with Crippen molar-refractivity contribution in [3.05, 3.63) is 247 Å². The Morgan fingerprint density at radius 3 is 1.16 bits per heavy atom. The summed E-state index contributed by atoms with van der Waals surface area (Å²) in [5, 5.41) is -0.111. The summed E-state index contributed by atoms with van der Waals surface area (Å²) in [6.45, 7) is 0.0852. The van der Waals surface area contributed by atoms with Crippen LogP contribution in [0.1, 0.15) is 86.4 Å². The zero-order valence-electron chi connectivity index (χ0n) is 46.2. The standard InChI is InChI=1S/C68H41F3N2O14S2/c1-36-22-24-42-44(26-36)54(74)56(76)46(42)30-52-72-60-58(88-52)48-28-51-49(29-50(48)66(86-60,62(78)82-32-37-14-6-2-7-15-37)63(79)83-33-38-16-8-3-9-17-38)59-61(73-53(89-59)31-47-43-25-23-41(68(69,70)71)27-45(43)55(75)57(47)77)87-67(51,64(80)84-34-39-18-10-4-11-19-39)65(81)85-35-40-20-12-5-13-21-40/h2-31H,32-35H2,1H3/b46-30-,47-31-. The predicted molar refractivity (Wildman–Crippen MR) is 315 cm³/mol. The molecule has 0 fully saturated rings. The lowest BCUT2D eigenvalue weighted by Crippen LogP contribution is -2.54. The number of benzene rings is 7. The van der Waals surface area contributed by atoms with Crippen LogP contribution < -0.4 is 9.47 Å². The Hall–Kier alpha value is -10.8. The summed E-state index contributed by atoms with van der Waals surface area (Å²) in [6.07, 6.45) is -2.35. The number of allylic oxidation sites excluding steroid dienone is 2. The van der Waals surface area contributed by atoms with Gasteiger partial charge in [-0.25, -0.2) is 29.1 Å². The number of halogens is 3. The maximum atomic E-state index is 15.6. The van der Waals surface area contributed by atoms with E-state index in [2.05, 4.69) is 4.98 Å². The Kier molecular flexibility index (Phi) is 14.5. The van der Waals surface area contributed by atoms with Crippen LogP contribution in [0.3, 0.4) is 0 Å². The van der Waals surface area contributed by atoms with Gasteiger partial charge in [0, 0.05) is 44.5 Å². The number of rotatable bonds is 14. The van der Waals surface area contributed by atoms with Crippen molar-refractivity contribution in [2.24, 2.45) is 0 Å². The number of aryl methyl sites for hydroxylation is 1. The maximum Gasteiger partial charge on any atom is 0.416 e. The number of esters is 4. The van der Waals surface area contributed by atoms with E-state index in [0.29, 0.717) is 33.9 Å². The molecule has 0 amide bonds. The fourth-order valence-electron chi connectivity index (χ4n) is 10.8. The summed E-state index contributed by atoms with van der Waals surface area (Å²) in [5.41, 5.74) is -5.85. The Morgan fingerprint density at radius 2 is 0.798 bits per heavy atom. The molecule has 4 aliphatic rings. The van der Waals surface area contributed by atoms with E-state index in [1.54, 1.807) is 146 Å². The molecule has 440 valence electrons. The monoisotopic (exact) mass is 1230 g/mol. The molecule has 13 rings (SSSR count). The van der Waals surface area contributed by atoms with Crippen LogP contribution in [0.15, 0.2) is 170 Å². The molecule has 0 N–H and O–H groups in total.